The molecule has 0 radical (unpaired) electrons. The maximum atomic E-state index is 11.0. The van der Waals surface area contributed by atoms with E-state index >= 15 is 0 Å². The van der Waals surface area contributed by atoms with Crippen LogP contribution in [-0.4, -0.2) is 35.5 Å². The van der Waals surface area contributed by atoms with E-state index in [4.69, 9.17) is 0 Å². The molecule has 0 aliphatic carbocycles. The van der Waals surface area contributed by atoms with Crippen molar-refractivity contribution in [2.75, 3.05) is 7.11 Å². The molecule has 0 aromatic rings. The van der Waals surface area contributed by atoms with Crippen molar-refractivity contribution in [2.45, 2.75) is 59.2 Å². The number of hydrogen-bond donors (Lipinski definition) is 2. The van der Waals surface area contributed by atoms with Crippen LogP contribution in [0.15, 0.2) is 35.5 Å². The van der Waals surface area contributed by atoms with Gasteiger partial charge in [-0.05, 0) is 51.5 Å². The van der Waals surface area contributed by atoms with Gasteiger partial charge in [-0.3, -0.25) is 0 Å². The van der Waals surface area contributed by atoms with Crippen molar-refractivity contribution in [1.29, 1.82) is 0 Å². The van der Waals surface area contributed by atoms with Crippen LogP contribution in [0.2, 0.25) is 0 Å². The zero-order valence-electron chi connectivity index (χ0n) is 14.4. The smallest absolute Gasteiger partial charge is 0.330 e. The number of methoxy groups -OCH3 is 1. The first-order chi connectivity index (χ1) is 10.3. The molecule has 0 saturated heterocycles. The Kier molecular flexibility index (Phi) is 10.5. The first-order valence-corrected chi connectivity index (χ1v) is 7.73. The van der Waals surface area contributed by atoms with Crippen LogP contribution in [0.5, 0.6) is 0 Å². The summed E-state index contributed by atoms with van der Waals surface area (Å²) in [7, 11) is 1.34. The van der Waals surface area contributed by atoms with Crippen LogP contribution >= 0.6 is 0 Å². The fourth-order valence-electron chi connectivity index (χ4n) is 1.77. The Morgan fingerprint density at radius 1 is 1.14 bits per heavy atom. The van der Waals surface area contributed by atoms with Crippen LogP contribution in [0.25, 0.3) is 0 Å². The van der Waals surface area contributed by atoms with Gasteiger partial charge < -0.3 is 14.9 Å². The topological polar surface area (TPSA) is 66.8 Å². The number of hydrogen-bond acceptors (Lipinski definition) is 4. The second-order valence-corrected chi connectivity index (χ2v) is 5.80. The van der Waals surface area contributed by atoms with Crippen molar-refractivity contribution in [3.8, 4) is 0 Å². The minimum absolute atomic E-state index is 0.256. The predicted octanol–water partition coefficient (Wildman–Crippen LogP) is 3.16. The average Bonchev–Trinajstić information content (AvgIpc) is 2.49. The fraction of sp³-hybridized carbons (Fsp3) is 0.611. The highest BCUT2D eigenvalue weighted by atomic mass is 16.5. The van der Waals surface area contributed by atoms with Crippen LogP contribution in [0, 0.1) is 5.92 Å². The summed E-state index contributed by atoms with van der Waals surface area (Å²) in [6.07, 6.45) is 8.37. The molecule has 3 atom stereocenters. The molecule has 22 heavy (non-hydrogen) atoms. The Morgan fingerprint density at radius 2 is 1.77 bits per heavy atom. The molecule has 0 spiro atoms. The van der Waals surface area contributed by atoms with Gasteiger partial charge >= 0.3 is 5.97 Å². The molecule has 0 amide bonds. The van der Waals surface area contributed by atoms with Crippen LogP contribution in [0.3, 0.4) is 0 Å². The summed E-state index contributed by atoms with van der Waals surface area (Å²) in [5.74, 6) is -0.136. The molecule has 0 unspecified atom stereocenters. The minimum Gasteiger partial charge on any atom is -0.466 e. The standard InChI is InChI=1S/C18H30O4/c1-13(10-12-18(21)22-5)9-11-17(20)15(3)8-6-7-14(2)16(4)19/h8-10,12,14,16-17,19-20H,6-7,11H2,1-5H3/b12-10+,13-9+,15-8+/t14-,16-,17+/m1/s1. The molecule has 0 aromatic carbocycles. The third-order valence-corrected chi connectivity index (χ3v) is 3.78. The van der Waals surface area contributed by atoms with Gasteiger partial charge in [-0.15, -0.1) is 0 Å². The van der Waals surface area contributed by atoms with E-state index in [1.807, 2.05) is 32.9 Å². The van der Waals surface area contributed by atoms with E-state index in [0.717, 1.165) is 24.0 Å². The van der Waals surface area contributed by atoms with Crippen LogP contribution in [-0.2, 0) is 9.53 Å². The third-order valence-electron chi connectivity index (χ3n) is 3.78. The molecule has 126 valence electrons. The number of aliphatic hydroxyl groups excluding tert-OH is 2. The molecule has 0 saturated carbocycles. The summed E-state index contributed by atoms with van der Waals surface area (Å²) in [6.45, 7) is 7.59. The molecule has 4 nitrogen and oxygen atoms in total. The molecule has 0 aromatic heterocycles. The van der Waals surface area contributed by atoms with Gasteiger partial charge in [-0.2, -0.15) is 0 Å². The van der Waals surface area contributed by atoms with Crippen LogP contribution < -0.4 is 0 Å². The second-order valence-electron chi connectivity index (χ2n) is 5.80. The average molecular weight is 310 g/mol. The number of allylic oxidation sites excluding steroid dienone is 3. The normalized spacial score (nSPS) is 17.4. The lowest BCUT2D eigenvalue weighted by atomic mass is 9.98. The van der Waals surface area contributed by atoms with Gasteiger partial charge in [0.05, 0.1) is 19.3 Å². The Balaban J connectivity index is 4.31. The van der Waals surface area contributed by atoms with E-state index in [1.165, 1.54) is 13.2 Å². The molecule has 4 heteroatoms. The van der Waals surface area contributed by atoms with Gasteiger partial charge in [0, 0.05) is 6.08 Å². The molecule has 0 aliphatic heterocycles. The van der Waals surface area contributed by atoms with Gasteiger partial charge in [-0.1, -0.05) is 30.7 Å². The molecule has 0 bridgehead atoms. The molecular weight excluding hydrogens is 280 g/mol. The highest BCUT2D eigenvalue weighted by Crippen LogP contribution is 2.14. The van der Waals surface area contributed by atoms with Crippen LogP contribution in [0.1, 0.15) is 47.0 Å². The molecule has 0 fully saturated rings. The number of rotatable bonds is 9. The summed E-state index contributed by atoms with van der Waals surface area (Å²) >= 11 is 0. The van der Waals surface area contributed by atoms with E-state index < -0.39 is 12.1 Å². The Hall–Kier alpha value is -1.39. The number of carbonyl (C=O) groups excluding carboxylic acids is 1. The molecule has 0 rings (SSSR count). The number of carbonyl (C=O) groups is 1. The number of ether oxygens (including phenoxy) is 1. The highest BCUT2D eigenvalue weighted by Gasteiger charge is 2.08. The second kappa shape index (κ2) is 11.2. The lowest BCUT2D eigenvalue weighted by Crippen LogP contribution is -2.12. The number of aliphatic hydroxyl groups is 2. The lowest BCUT2D eigenvalue weighted by molar-refractivity contribution is -0.134. The quantitative estimate of drug-likeness (QED) is 0.297. The van der Waals surface area contributed by atoms with Gasteiger partial charge in [0.15, 0.2) is 0 Å². The summed E-state index contributed by atoms with van der Waals surface area (Å²) in [5, 5.41) is 19.5. The van der Waals surface area contributed by atoms with E-state index in [-0.39, 0.29) is 12.0 Å². The molecule has 0 heterocycles. The maximum Gasteiger partial charge on any atom is 0.330 e. The summed E-state index contributed by atoms with van der Waals surface area (Å²) < 4.78 is 4.52. The first-order valence-electron chi connectivity index (χ1n) is 7.73. The Labute approximate surface area is 134 Å². The monoisotopic (exact) mass is 310 g/mol. The minimum atomic E-state index is -0.525. The number of esters is 1. The van der Waals surface area contributed by atoms with Crippen LogP contribution in [0.4, 0.5) is 0 Å². The van der Waals surface area contributed by atoms with E-state index in [2.05, 4.69) is 4.74 Å². The fourth-order valence-corrected chi connectivity index (χ4v) is 1.77. The zero-order chi connectivity index (χ0) is 17.1. The van der Waals surface area contributed by atoms with Crippen molar-refractivity contribution in [3.05, 3.63) is 35.5 Å². The molecular formula is C18H30O4. The maximum absolute atomic E-state index is 11.0. The summed E-state index contributed by atoms with van der Waals surface area (Å²) in [6, 6.07) is 0. The van der Waals surface area contributed by atoms with Gasteiger partial charge in [0.25, 0.3) is 0 Å². The van der Waals surface area contributed by atoms with Crippen molar-refractivity contribution in [3.63, 3.8) is 0 Å². The van der Waals surface area contributed by atoms with E-state index in [0.29, 0.717) is 6.42 Å². The SMILES string of the molecule is COC(=O)/C=C/C(C)=C/C[C@H](O)/C(C)=C/CC[C@@H](C)[C@@H](C)O. The summed E-state index contributed by atoms with van der Waals surface area (Å²) in [5.41, 5.74) is 1.83. The van der Waals surface area contributed by atoms with E-state index in [9.17, 15) is 15.0 Å². The van der Waals surface area contributed by atoms with Gasteiger partial charge in [-0.25, -0.2) is 4.79 Å². The molecule has 0 aliphatic rings. The van der Waals surface area contributed by atoms with Crippen molar-refractivity contribution < 1.29 is 19.7 Å². The largest absolute Gasteiger partial charge is 0.466 e. The third kappa shape index (κ3) is 9.53. The lowest BCUT2D eigenvalue weighted by Gasteiger charge is -2.14. The summed E-state index contributed by atoms with van der Waals surface area (Å²) in [4.78, 5) is 11.0. The van der Waals surface area contributed by atoms with Crippen molar-refractivity contribution in [1.82, 2.24) is 0 Å². The Bertz CT molecular complexity index is 419. The van der Waals surface area contributed by atoms with Crippen molar-refractivity contribution in [2.24, 2.45) is 5.92 Å². The highest BCUT2D eigenvalue weighted by molar-refractivity contribution is 5.82. The Morgan fingerprint density at radius 3 is 2.32 bits per heavy atom. The van der Waals surface area contributed by atoms with Crippen molar-refractivity contribution >= 4 is 5.97 Å². The predicted molar refractivity (Wildman–Crippen MR) is 89.4 cm³/mol. The van der Waals surface area contributed by atoms with E-state index in [1.54, 1.807) is 13.0 Å². The first kappa shape index (κ1) is 20.6. The zero-order valence-corrected chi connectivity index (χ0v) is 14.4. The molecule has 2 N–H and O–H groups in total. The van der Waals surface area contributed by atoms with Gasteiger partial charge in [0.1, 0.15) is 0 Å². The van der Waals surface area contributed by atoms with Gasteiger partial charge in [0.2, 0.25) is 0 Å².